The van der Waals surface area contributed by atoms with Gasteiger partial charge in [-0.2, -0.15) is 4.39 Å². The summed E-state index contributed by atoms with van der Waals surface area (Å²) in [4.78, 5) is 0. The third kappa shape index (κ3) is 3.24. The van der Waals surface area contributed by atoms with E-state index in [1.807, 2.05) is 6.92 Å². The predicted octanol–water partition coefficient (Wildman–Crippen LogP) is 3.00. The number of nitrogens with two attached hydrogens (primary N) is 1. The van der Waals surface area contributed by atoms with E-state index in [2.05, 4.69) is 15.9 Å². The number of hydrogen-bond acceptors (Lipinski definition) is 3. The normalized spacial score (nSPS) is 26.1. The Morgan fingerprint density at radius 3 is 2.79 bits per heavy atom. The molecule has 0 heterocycles. The van der Waals surface area contributed by atoms with Crippen LogP contribution in [0.1, 0.15) is 19.8 Å². The summed E-state index contributed by atoms with van der Waals surface area (Å²) in [5.74, 6) is -2.05. The highest BCUT2D eigenvalue weighted by Crippen LogP contribution is 2.32. The standard InChI is InChI=1S/C13H16BrF2NO2/c1-2-3-18-13-9(17)6-11(13)19-10-5-7(14)4-8(15)12(10)16/h4-5,9,11,13H,2-3,6,17H2,1H3. The third-order valence-corrected chi connectivity index (χ3v) is 3.50. The maximum absolute atomic E-state index is 13.6. The van der Waals surface area contributed by atoms with Crippen molar-refractivity contribution in [1.29, 1.82) is 0 Å². The van der Waals surface area contributed by atoms with Gasteiger partial charge in [0.25, 0.3) is 0 Å². The van der Waals surface area contributed by atoms with Crippen LogP contribution in [-0.4, -0.2) is 24.9 Å². The van der Waals surface area contributed by atoms with Crippen molar-refractivity contribution in [2.45, 2.75) is 38.0 Å². The van der Waals surface area contributed by atoms with Gasteiger partial charge >= 0.3 is 0 Å². The number of halogens is 3. The zero-order chi connectivity index (χ0) is 14.0. The Morgan fingerprint density at radius 2 is 2.16 bits per heavy atom. The second-order valence-electron chi connectivity index (χ2n) is 4.59. The molecule has 1 aromatic carbocycles. The minimum Gasteiger partial charge on any atom is -0.484 e. The van der Waals surface area contributed by atoms with Crippen LogP contribution in [0, 0.1) is 11.6 Å². The van der Waals surface area contributed by atoms with E-state index in [9.17, 15) is 8.78 Å². The van der Waals surface area contributed by atoms with Crippen LogP contribution in [0.25, 0.3) is 0 Å². The Morgan fingerprint density at radius 1 is 1.42 bits per heavy atom. The minimum absolute atomic E-state index is 0.114. The van der Waals surface area contributed by atoms with Gasteiger partial charge in [-0.1, -0.05) is 22.9 Å². The number of rotatable bonds is 5. The van der Waals surface area contributed by atoms with Crippen molar-refractivity contribution in [2.75, 3.05) is 6.61 Å². The highest BCUT2D eigenvalue weighted by molar-refractivity contribution is 9.10. The summed E-state index contributed by atoms with van der Waals surface area (Å²) in [6.45, 7) is 2.57. The highest BCUT2D eigenvalue weighted by atomic mass is 79.9. The monoisotopic (exact) mass is 335 g/mol. The van der Waals surface area contributed by atoms with Crippen LogP contribution in [0.15, 0.2) is 16.6 Å². The Bertz CT molecular complexity index is 459. The Hall–Kier alpha value is -0.720. The summed E-state index contributed by atoms with van der Waals surface area (Å²) in [6, 6.07) is 2.34. The number of ether oxygens (including phenoxy) is 2. The maximum atomic E-state index is 13.6. The van der Waals surface area contributed by atoms with Gasteiger partial charge in [-0.3, -0.25) is 0 Å². The van der Waals surface area contributed by atoms with Gasteiger partial charge in [-0.25, -0.2) is 4.39 Å². The van der Waals surface area contributed by atoms with Crippen LogP contribution < -0.4 is 10.5 Å². The fourth-order valence-electron chi connectivity index (χ4n) is 2.00. The van der Waals surface area contributed by atoms with E-state index in [4.69, 9.17) is 15.2 Å². The van der Waals surface area contributed by atoms with Gasteiger partial charge in [0.2, 0.25) is 5.82 Å². The first kappa shape index (κ1) is 14.7. The van der Waals surface area contributed by atoms with E-state index in [1.165, 1.54) is 6.07 Å². The van der Waals surface area contributed by atoms with Gasteiger partial charge < -0.3 is 15.2 Å². The minimum atomic E-state index is -0.988. The van der Waals surface area contributed by atoms with Crippen molar-refractivity contribution < 1.29 is 18.3 Å². The summed E-state index contributed by atoms with van der Waals surface area (Å²) >= 11 is 3.10. The molecule has 0 aromatic heterocycles. The number of benzene rings is 1. The lowest BCUT2D eigenvalue weighted by atomic mass is 9.86. The summed E-state index contributed by atoms with van der Waals surface area (Å²) in [5.41, 5.74) is 5.82. The topological polar surface area (TPSA) is 44.5 Å². The van der Waals surface area contributed by atoms with Gasteiger partial charge in [0, 0.05) is 23.5 Å². The zero-order valence-corrected chi connectivity index (χ0v) is 12.1. The molecule has 1 saturated carbocycles. The molecule has 0 saturated heterocycles. The van der Waals surface area contributed by atoms with Gasteiger partial charge in [0.1, 0.15) is 12.2 Å². The van der Waals surface area contributed by atoms with Crippen molar-refractivity contribution in [3.8, 4) is 5.75 Å². The van der Waals surface area contributed by atoms with Gasteiger partial charge in [-0.15, -0.1) is 0 Å². The van der Waals surface area contributed by atoms with Crippen LogP contribution in [-0.2, 0) is 4.74 Å². The summed E-state index contributed by atoms with van der Waals surface area (Å²) in [7, 11) is 0. The van der Waals surface area contributed by atoms with Crippen LogP contribution >= 0.6 is 15.9 Å². The van der Waals surface area contributed by atoms with E-state index in [0.717, 1.165) is 12.5 Å². The molecule has 0 bridgehead atoms. The van der Waals surface area contributed by atoms with E-state index < -0.39 is 11.6 Å². The summed E-state index contributed by atoms with van der Waals surface area (Å²) in [5, 5.41) is 0. The molecular weight excluding hydrogens is 320 g/mol. The van der Waals surface area contributed by atoms with E-state index >= 15 is 0 Å². The van der Waals surface area contributed by atoms with Crippen molar-refractivity contribution in [1.82, 2.24) is 0 Å². The Labute approximate surface area is 119 Å². The van der Waals surface area contributed by atoms with Crippen molar-refractivity contribution in [3.05, 3.63) is 28.2 Å². The molecule has 0 spiro atoms. The molecule has 19 heavy (non-hydrogen) atoms. The molecule has 1 aliphatic carbocycles. The fourth-order valence-corrected chi connectivity index (χ4v) is 2.41. The van der Waals surface area contributed by atoms with Crippen LogP contribution in [0.5, 0.6) is 5.75 Å². The third-order valence-electron chi connectivity index (χ3n) is 3.05. The molecule has 1 fully saturated rings. The lowest BCUT2D eigenvalue weighted by molar-refractivity contribution is -0.0990. The molecule has 106 valence electrons. The Balaban J connectivity index is 2.05. The van der Waals surface area contributed by atoms with Crippen molar-refractivity contribution in [3.63, 3.8) is 0 Å². The molecule has 2 N–H and O–H groups in total. The first-order valence-electron chi connectivity index (χ1n) is 6.21. The highest BCUT2D eigenvalue weighted by Gasteiger charge is 2.42. The molecule has 0 aliphatic heterocycles. The lowest BCUT2D eigenvalue weighted by Crippen LogP contribution is -2.59. The van der Waals surface area contributed by atoms with Gasteiger partial charge in [0.05, 0.1) is 0 Å². The first-order valence-corrected chi connectivity index (χ1v) is 7.00. The fraction of sp³-hybridized carbons (Fsp3) is 0.538. The molecular formula is C13H16BrF2NO2. The van der Waals surface area contributed by atoms with Gasteiger partial charge in [-0.05, 0) is 18.6 Å². The summed E-state index contributed by atoms with van der Waals surface area (Å²) < 4.78 is 38.3. The van der Waals surface area contributed by atoms with Crippen LogP contribution in [0.2, 0.25) is 0 Å². The molecule has 6 heteroatoms. The molecule has 0 radical (unpaired) electrons. The van der Waals surface area contributed by atoms with Gasteiger partial charge in [0.15, 0.2) is 11.6 Å². The van der Waals surface area contributed by atoms with Crippen LogP contribution in [0.4, 0.5) is 8.78 Å². The SMILES string of the molecule is CCCOC1C(N)CC1Oc1cc(Br)cc(F)c1F. The molecule has 3 unspecified atom stereocenters. The van der Waals surface area contributed by atoms with E-state index in [0.29, 0.717) is 17.5 Å². The Kier molecular flexibility index (Phi) is 4.76. The summed E-state index contributed by atoms with van der Waals surface area (Å²) in [6.07, 6.45) is 0.851. The molecule has 0 amide bonds. The smallest absolute Gasteiger partial charge is 0.200 e. The average Bonchev–Trinajstić information content (AvgIpc) is 2.35. The molecule has 3 nitrogen and oxygen atoms in total. The second kappa shape index (κ2) is 6.15. The largest absolute Gasteiger partial charge is 0.484 e. The zero-order valence-electron chi connectivity index (χ0n) is 10.5. The predicted molar refractivity (Wildman–Crippen MR) is 71.1 cm³/mol. The maximum Gasteiger partial charge on any atom is 0.200 e. The lowest BCUT2D eigenvalue weighted by Gasteiger charge is -2.41. The van der Waals surface area contributed by atoms with E-state index in [1.54, 1.807) is 0 Å². The van der Waals surface area contributed by atoms with E-state index in [-0.39, 0.29) is 24.0 Å². The van der Waals surface area contributed by atoms with Crippen molar-refractivity contribution >= 4 is 15.9 Å². The first-order chi connectivity index (χ1) is 9.02. The molecule has 2 rings (SSSR count). The van der Waals surface area contributed by atoms with Crippen molar-refractivity contribution in [2.24, 2.45) is 5.73 Å². The quantitative estimate of drug-likeness (QED) is 0.841. The molecule has 1 aromatic rings. The molecule has 3 atom stereocenters. The van der Waals surface area contributed by atoms with Crippen LogP contribution in [0.3, 0.4) is 0 Å². The number of hydrogen-bond donors (Lipinski definition) is 1. The molecule has 1 aliphatic rings. The average molecular weight is 336 g/mol. The second-order valence-corrected chi connectivity index (χ2v) is 5.51.